The Morgan fingerprint density at radius 1 is 1.29 bits per heavy atom. The molecule has 0 aliphatic heterocycles. The molecule has 0 unspecified atom stereocenters. The molecule has 1 aromatic carbocycles. The van der Waals surface area contributed by atoms with Crippen LogP contribution < -0.4 is 10.2 Å². The fourth-order valence-corrected chi connectivity index (χ4v) is 3.30. The molecule has 4 nitrogen and oxygen atoms in total. The number of nitrogens with zero attached hydrogens (tertiary/aromatic N) is 1. The molecule has 0 saturated heterocycles. The van der Waals surface area contributed by atoms with Crippen LogP contribution in [0.3, 0.4) is 0 Å². The van der Waals surface area contributed by atoms with E-state index in [4.69, 9.17) is 0 Å². The zero-order chi connectivity index (χ0) is 17.4. The lowest BCUT2D eigenvalue weighted by atomic mass is 9.97. The second kappa shape index (κ2) is 9.62. The van der Waals surface area contributed by atoms with Crippen LogP contribution in [0.1, 0.15) is 45.4 Å². The summed E-state index contributed by atoms with van der Waals surface area (Å²) in [6.07, 6.45) is 8.44. The first-order chi connectivity index (χ1) is 11.6. The van der Waals surface area contributed by atoms with Crippen molar-refractivity contribution in [1.82, 2.24) is 5.32 Å². The van der Waals surface area contributed by atoms with Crippen LogP contribution in [-0.4, -0.2) is 24.9 Å². The summed E-state index contributed by atoms with van der Waals surface area (Å²) in [5.74, 6) is -0.0686. The first-order valence-electron chi connectivity index (χ1n) is 8.54. The Bertz CT molecular complexity index is 613. The topological polar surface area (TPSA) is 49.4 Å². The van der Waals surface area contributed by atoms with Crippen LogP contribution in [0, 0.1) is 0 Å². The van der Waals surface area contributed by atoms with Crippen molar-refractivity contribution < 1.29 is 9.59 Å². The van der Waals surface area contributed by atoms with Gasteiger partial charge >= 0.3 is 0 Å². The minimum absolute atomic E-state index is 0.00680. The highest BCUT2D eigenvalue weighted by molar-refractivity contribution is 9.10. The molecule has 1 aliphatic rings. The van der Waals surface area contributed by atoms with Crippen LogP contribution in [0.2, 0.25) is 0 Å². The van der Waals surface area contributed by atoms with Gasteiger partial charge in [-0.25, -0.2) is 0 Å². The Morgan fingerprint density at radius 2 is 2.12 bits per heavy atom. The molecule has 0 spiro atoms. The summed E-state index contributed by atoms with van der Waals surface area (Å²) in [6, 6.07) is 7.55. The third-order valence-electron chi connectivity index (χ3n) is 4.22. The van der Waals surface area contributed by atoms with E-state index in [9.17, 15) is 9.59 Å². The average Bonchev–Trinajstić information content (AvgIpc) is 2.56. The van der Waals surface area contributed by atoms with Crippen molar-refractivity contribution in [2.45, 2.75) is 45.4 Å². The standard InChI is InChI=1S/C19H25BrN2O2/c1-15(23)22(18-9-5-8-17(20)14-18)13-11-19(24)21-12-10-16-6-3-2-4-7-16/h5-6,8-9,14H,2-4,7,10-13H2,1H3,(H,21,24). The Labute approximate surface area is 152 Å². The maximum atomic E-state index is 12.0. The van der Waals surface area contributed by atoms with Gasteiger partial charge in [-0.1, -0.05) is 33.6 Å². The van der Waals surface area contributed by atoms with Crippen LogP contribution in [-0.2, 0) is 9.59 Å². The number of carbonyl (C=O) groups is 2. The molecule has 0 saturated carbocycles. The largest absolute Gasteiger partial charge is 0.356 e. The van der Waals surface area contributed by atoms with E-state index in [1.54, 1.807) is 4.90 Å². The van der Waals surface area contributed by atoms with E-state index in [0.29, 0.717) is 19.5 Å². The van der Waals surface area contributed by atoms with Gasteiger partial charge in [0.15, 0.2) is 0 Å². The predicted octanol–water partition coefficient (Wildman–Crippen LogP) is 4.20. The van der Waals surface area contributed by atoms with Crippen LogP contribution in [0.5, 0.6) is 0 Å². The summed E-state index contributed by atoms with van der Waals surface area (Å²) in [6.45, 7) is 2.59. The quantitative estimate of drug-likeness (QED) is 0.706. The van der Waals surface area contributed by atoms with Crippen LogP contribution >= 0.6 is 15.9 Å². The molecule has 130 valence electrons. The lowest BCUT2D eigenvalue weighted by Crippen LogP contribution is -2.34. The van der Waals surface area contributed by atoms with E-state index in [0.717, 1.165) is 23.0 Å². The van der Waals surface area contributed by atoms with Gasteiger partial charge in [-0.05, 0) is 50.3 Å². The first-order valence-corrected chi connectivity index (χ1v) is 9.34. The Hall–Kier alpha value is -1.62. The summed E-state index contributed by atoms with van der Waals surface area (Å²) in [5.41, 5.74) is 2.26. The van der Waals surface area contributed by atoms with Gasteiger partial charge in [-0.15, -0.1) is 0 Å². The van der Waals surface area contributed by atoms with E-state index in [1.165, 1.54) is 31.8 Å². The van der Waals surface area contributed by atoms with Gasteiger partial charge in [-0.2, -0.15) is 0 Å². The summed E-state index contributed by atoms with van der Waals surface area (Å²) in [7, 11) is 0. The maximum absolute atomic E-state index is 12.0. The maximum Gasteiger partial charge on any atom is 0.223 e. The van der Waals surface area contributed by atoms with Gasteiger partial charge < -0.3 is 10.2 Å². The predicted molar refractivity (Wildman–Crippen MR) is 101 cm³/mol. The van der Waals surface area contributed by atoms with E-state index >= 15 is 0 Å². The molecule has 1 N–H and O–H groups in total. The molecule has 2 rings (SSSR count). The number of anilines is 1. The molecule has 2 amide bonds. The van der Waals surface area contributed by atoms with Gasteiger partial charge in [-0.3, -0.25) is 9.59 Å². The van der Waals surface area contributed by atoms with Crippen molar-refractivity contribution in [3.8, 4) is 0 Å². The molecule has 0 fully saturated rings. The highest BCUT2D eigenvalue weighted by Crippen LogP contribution is 2.21. The van der Waals surface area contributed by atoms with E-state index in [-0.39, 0.29) is 11.8 Å². The summed E-state index contributed by atoms with van der Waals surface area (Å²) in [5, 5.41) is 2.96. The van der Waals surface area contributed by atoms with Crippen molar-refractivity contribution in [3.05, 3.63) is 40.4 Å². The molecule has 0 atom stereocenters. The number of halogens is 1. The molecule has 1 aromatic rings. The Balaban J connectivity index is 1.78. The van der Waals surface area contributed by atoms with E-state index in [2.05, 4.69) is 27.3 Å². The molecular weight excluding hydrogens is 368 g/mol. The normalized spacial score (nSPS) is 14.0. The van der Waals surface area contributed by atoms with Crippen molar-refractivity contribution >= 4 is 33.4 Å². The van der Waals surface area contributed by atoms with E-state index in [1.807, 2.05) is 24.3 Å². The number of hydrogen-bond acceptors (Lipinski definition) is 2. The van der Waals surface area contributed by atoms with Gasteiger partial charge in [0.25, 0.3) is 0 Å². The number of hydrogen-bond donors (Lipinski definition) is 1. The smallest absolute Gasteiger partial charge is 0.223 e. The van der Waals surface area contributed by atoms with Crippen molar-refractivity contribution in [2.75, 3.05) is 18.0 Å². The third kappa shape index (κ3) is 6.11. The zero-order valence-corrected chi connectivity index (χ0v) is 15.8. The number of rotatable bonds is 7. The summed E-state index contributed by atoms with van der Waals surface area (Å²) < 4.78 is 0.913. The molecule has 5 heteroatoms. The van der Waals surface area contributed by atoms with Crippen LogP contribution in [0.25, 0.3) is 0 Å². The number of carbonyl (C=O) groups excluding carboxylic acids is 2. The van der Waals surface area contributed by atoms with Gasteiger partial charge in [0.05, 0.1) is 0 Å². The number of benzene rings is 1. The number of amides is 2. The van der Waals surface area contributed by atoms with E-state index < -0.39 is 0 Å². The molecule has 0 bridgehead atoms. The lowest BCUT2D eigenvalue weighted by Gasteiger charge is -2.21. The average molecular weight is 393 g/mol. The third-order valence-corrected chi connectivity index (χ3v) is 4.71. The van der Waals surface area contributed by atoms with Crippen LogP contribution in [0.4, 0.5) is 5.69 Å². The second-order valence-electron chi connectivity index (χ2n) is 6.11. The molecule has 0 aromatic heterocycles. The fraction of sp³-hybridized carbons (Fsp3) is 0.474. The zero-order valence-electron chi connectivity index (χ0n) is 14.2. The Morgan fingerprint density at radius 3 is 2.79 bits per heavy atom. The molecule has 1 aliphatic carbocycles. The first kappa shape index (κ1) is 18.7. The summed E-state index contributed by atoms with van der Waals surface area (Å²) >= 11 is 3.41. The molecule has 0 heterocycles. The van der Waals surface area contributed by atoms with Crippen molar-refractivity contribution in [2.24, 2.45) is 0 Å². The number of nitrogens with one attached hydrogen (secondary N) is 1. The fourth-order valence-electron chi connectivity index (χ4n) is 2.91. The van der Waals surface area contributed by atoms with Gasteiger partial charge in [0, 0.05) is 36.6 Å². The van der Waals surface area contributed by atoms with Gasteiger partial charge in [0.2, 0.25) is 11.8 Å². The monoisotopic (exact) mass is 392 g/mol. The summed E-state index contributed by atoms with van der Waals surface area (Å²) in [4.78, 5) is 25.5. The molecule has 24 heavy (non-hydrogen) atoms. The molecule has 0 radical (unpaired) electrons. The minimum Gasteiger partial charge on any atom is -0.356 e. The molecular formula is C19H25BrN2O2. The lowest BCUT2D eigenvalue weighted by molar-refractivity contribution is -0.121. The highest BCUT2D eigenvalue weighted by atomic mass is 79.9. The highest BCUT2D eigenvalue weighted by Gasteiger charge is 2.13. The minimum atomic E-state index is -0.0618. The van der Waals surface area contributed by atoms with Crippen LogP contribution in [0.15, 0.2) is 40.4 Å². The van der Waals surface area contributed by atoms with Crippen molar-refractivity contribution in [3.63, 3.8) is 0 Å². The SMILES string of the molecule is CC(=O)N(CCC(=O)NCCC1=CCCCC1)c1cccc(Br)c1. The number of allylic oxidation sites excluding steroid dienone is 1. The van der Waals surface area contributed by atoms with Gasteiger partial charge in [0.1, 0.15) is 0 Å². The van der Waals surface area contributed by atoms with Crippen molar-refractivity contribution in [1.29, 1.82) is 0 Å². The second-order valence-corrected chi connectivity index (χ2v) is 7.02. The Kier molecular flexibility index (Phi) is 7.50.